The number of nitrogens with zero attached hydrogens (tertiary/aromatic N) is 2. The number of anilines is 3. The largest absolute Gasteiger partial charge is 0.372 e. The molecule has 3 nitrogen and oxygen atoms in total. The van der Waals surface area contributed by atoms with E-state index in [9.17, 15) is 0 Å². The molecular formula is C58H48N2O. The van der Waals surface area contributed by atoms with E-state index in [-0.39, 0.29) is 5.41 Å². The van der Waals surface area contributed by atoms with E-state index < -0.39 is 0 Å². The van der Waals surface area contributed by atoms with Crippen molar-refractivity contribution in [3.63, 3.8) is 0 Å². The van der Waals surface area contributed by atoms with Crippen molar-refractivity contribution >= 4 is 34.0 Å². The second-order valence-corrected chi connectivity index (χ2v) is 16.6. The molecule has 3 heteroatoms. The standard InChI is InChI=1S/C58H48N2O/c1-5-40-19-21-41(22-20-40)38-61-39-42-23-25-43(26-24-42)44-27-31-47(32-28-44)60(49-35-36-51-50-15-9-11-17-53(50)58(2,3)54(51)37-49)48-33-29-45(30-34-48)56-52-16-10-12-18-55(52)59(4)57(56)46-13-7-6-8-14-46/h5-37H,1,38-39H2,2-4H3. The van der Waals surface area contributed by atoms with Crippen LogP contribution in [0.25, 0.3) is 61.6 Å². The number of hydrogen-bond donors (Lipinski definition) is 0. The van der Waals surface area contributed by atoms with Crippen molar-refractivity contribution < 1.29 is 4.74 Å². The van der Waals surface area contributed by atoms with E-state index in [1.54, 1.807) is 0 Å². The Balaban J connectivity index is 0.988. The Morgan fingerprint density at radius 1 is 0.525 bits per heavy atom. The normalized spacial score (nSPS) is 12.6. The highest BCUT2D eigenvalue weighted by molar-refractivity contribution is 6.04. The van der Waals surface area contributed by atoms with Gasteiger partial charge in [-0.25, -0.2) is 0 Å². The van der Waals surface area contributed by atoms with Crippen molar-refractivity contribution in [1.82, 2.24) is 4.57 Å². The molecule has 296 valence electrons. The minimum absolute atomic E-state index is 0.113. The minimum Gasteiger partial charge on any atom is -0.372 e. The number of hydrogen-bond acceptors (Lipinski definition) is 2. The van der Waals surface area contributed by atoms with Gasteiger partial charge < -0.3 is 14.2 Å². The lowest BCUT2D eigenvalue weighted by Crippen LogP contribution is -2.16. The number of ether oxygens (including phenoxy) is 1. The zero-order valence-electron chi connectivity index (χ0n) is 35.0. The third-order valence-electron chi connectivity index (χ3n) is 12.6. The molecule has 0 saturated carbocycles. The highest BCUT2D eigenvalue weighted by atomic mass is 16.5. The molecule has 0 fully saturated rings. The summed E-state index contributed by atoms with van der Waals surface area (Å²) in [6.45, 7) is 9.68. The summed E-state index contributed by atoms with van der Waals surface area (Å²) >= 11 is 0. The lowest BCUT2D eigenvalue weighted by Gasteiger charge is -2.28. The van der Waals surface area contributed by atoms with Crippen LogP contribution in [-0.4, -0.2) is 4.57 Å². The van der Waals surface area contributed by atoms with E-state index in [4.69, 9.17) is 4.74 Å². The number of benzene rings is 8. The summed E-state index contributed by atoms with van der Waals surface area (Å²) in [5, 5.41) is 1.25. The predicted octanol–water partition coefficient (Wildman–Crippen LogP) is 15.3. The molecule has 0 saturated heterocycles. The zero-order chi connectivity index (χ0) is 41.5. The van der Waals surface area contributed by atoms with E-state index in [1.807, 2.05) is 6.08 Å². The van der Waals surface area contributed by atoms with E-state index in [2.05, 4.69) is 231 Å². The molecule has 1 aromatic heterocycles. The molecule has 1 heterocycles. The fraction of sp³-hybridized carbons (Fsp3) is 0.103. The first-order chi connectivity index (χ1) is 29.9. The predicted molar refractivity (Wildman–Crippen MR) is 256 cm³/mol. The molecular weight excluding hydrogens is 741 g/mol. The minimum atomic E-state index is -0.113. The Bertz CT molecular complexity index is 3010. The first-order valence-corrected chi connectivity index (χ1v) is 21.1. The van der Waals surface area contributed by atoms with Gasteiger partial charge in [0.2, 0.25) is 0 Å². The monoisotopic (exact) mass is 788 g/mol. The van der Waals surface area contributed by atoms with Crippen molar-refractivity contribution in [3.8, 4) is 44.6 Å². The summed E-state index contributed by atoms with van der Waals surface area (Å²) in [6, 6.07) is 70.5. The lowest BCUT2D eigenvalue weighted by atomic mass is 9.82. The van der Waals surface area contributed by atoms with Gasteiger partial charge in [0, 0.05) is 46.0 Å². The van der Waals surface area contributed by atoms with Gasteiger partial charge in [-0.3, -0.25) is 0 Å². The highest BCUT2D eigenvalue weighted by Gasteiger charge is 2.35. The fourth-order valence-electron chi connectivity index (χ4n) is 9.31. The highest BCUT2D eigenvalue weighted by Crippen LogP contribution is 2.51. The fourth-order valence-corrected chi connectivity index (χ4v) is 9.31. The van der Waals surface area contributed by atoms with Gasteiger partial charge in [-0.2, -0.15) is 0 Å². The van der Waals surface area contributed by atoms with Crippen LogP contribution in [-0.2, 0) is 30.4 Å². The molecule has 8 aromatic carbocycles. The number of aryl methyl sites for hydroxylation is 1. The Morgan fingerprint density at radius 3 is 1.74 bits per heavy atom. The molecule has 9 aromatic rings. The van der Waals surface area contributed by atoms with Crippen LogP contribution >= 0.6 is 0 Å². The van der Waals surface area contributed by atoms with Gasteiger partial charge in [-0.1, -0.05) is 178 Å². The SMILES string of the molecule is C=Cc1ccc(COCc2ccc(-c3ccc(N(c4ccc(-c5c(-c6ccccc6)n(C)c6ccccc56)cc4)c4ccc5c(c4)C(C)(C)c4ccccc4-5)cc3)cc2)cc1. The van der Waals surface area contributed by atoms with Gasteiger partial charge in [0.1, 0.15) is 0 Å². The van der Waals surface area contributed by atoms with Gasteiger partial charge in [-0.05, 0) is 104 Å². The van der Waals surface area contributed by atoms with Crippen LogP contribution in [0.1, 0.15) is 41.7 Å². The maximum absolute atomic E-state index is 6.06. The maximum atomic E-state index is 6.06. The summed E-state index contributed by atoms with van der Waals surface area (Å²) in [5.74, 6) is 0. The molecule has 0 amide bonds. The second-order valence-electron chi connectivity index (χ2n) is 16.6. The van der Waals surface area contributed by atoms with Crippen molar-refractivity contribution in [2.24, 2.45) is 7.05 Å². The Kier molecular flexibility index (Phi) is 9.83. The van der Waals surface area contributed by atoms with E-state index in [0.717, 1.165) is 33.8 Å². The molecule has 0 atom stereocenters. The van der Waals surface area contributed by atoms with Crippen LogP contribution in [0.3, 0.4) is 0 Å². The molecule has 0 unspecified atom stereocenters. The van der Waals surface area contributed by atoms with Crippen LogP contribution < -0.4 is 4.90 Å². The average Bonchev–Trinajstić information content (AvgIpc) is 3.74. The van der Waals surface area contributed by atoms with Crippen molar-refractivity contribution in [2.75, 3.05) is 4.90 Å². The van der Waals surface area contributed by atoms with Crippen LogP contribution in [0.5, 0.6) is 0 Å². The number of rotatable bonds is 11. The summed E-state index contributed by atoms with van der Waals surface area (Å²) < 4.78 is 8.39. The smallest absolute Gasteiger partial charge is 0.0721 e. The second kappa shape index (κ2) is 15.8. The van der Waals surface area contributed by atoms with Gasteiger partial charge in [0.25, 0.3) is 0 Å². The first kappa shape index (κ1) is 38.0. The molecule has 61 heavy (non-hydrogen) atoms. The Labute approximate surface area is 359 Å². The van der Waals surface area contributed by atoms with Crippen LogP contribution in [0.2, 0.25) is 0 Å². The molecule has 0 bridgehead atoms. The summed E-state index contributed by atoms with van der Waals surface area (Å²) in [7, 11) is 2.18. The van der Waals surface area contributed by atoms with Crippen molar-refractivity contribution in [2.45, 2.75) is 32.5 Å². The summed E-state index contributed by atoms with van der Waals surface area (Å²) in [5.41, 5.74) is 20.5. The first-order valence-electron chi connectivity index (χ1n) is 21.1. The zero-order valence-corrected chi connectivity index (χ0v) is 35.0. The van der Waals surface area contributed by atoms with E-state index >= 15 is 0 Å². The van der Waals surface area contributed by atoms with E-state index in [1.165, 1.54) is 66.7 Å². The summed E-state index contributed by atoms with van der Waals surface area (Å²) in [6.07, 6.45) is 1.86. The quantitative estimate of drug-likeness (QED) is 0.130. The third-order valence-corrected chi connectivity index (χ3v) is 12.6. The number of para-hydroxylation sites is 1. The van der Waals surface area contributed by atoms with Gasteiger partial charge in [-0.15, -0.1) is 0 Å². The molecule has 0 N–H and O–H groups in total. The molecule has 1 aliphatic carbocycles. The lowest BCUT2D eigenvalue weighted by molar-refractivity contribution is 0.107. The summed E-state index contributed by atoms with van der Waals surface area (Å²) in [4.78, 5) is 2.40. The molecule has 0 spiro atoms. The topological polar surface area (TPSA) is 17.4 Å². The van der Waals surface area contributed by atoms with E-state index in [0.29, 0.717) is 13.2 Å². The molecule has 0 aliphatic heterocycles. The molecule has 0 radical (unpaired) electrons. The Hall–Kier alpha value is -7.20. The third kappa shape index (κ3) is 6.97. The number of aromatic nitrogens is 1. The number of fused-ring (bicyclic) bond motifs is 4. The van der Waals surface area contributed by atoms with Crippen molar-refractivity contribution in [3.05, 3.63) is 229 Å². The van der Waals surface area contributed by atoms with Crippen LogP contribution in [0, 0.1) is 0 Å². The van der Waals surface area contributed by atoms with Crippen LogP contribution in [0.15, 0.2) is 201 Å². The molecule has 10 rings (SSSR count). The van der Waals surface area contributed by atoms with Gasteiger partial charge >= 0.3 is 0 Å². The average molecular weight is 789 g/mol. The van der Waals surface area contributed by atoms with Crippen LogP contribution in [0.4, 0.5) is 17.1 Å². The van der Waals surface area contributed by atoms with Gasteiger partial charge in [0.05, 0.1) is 18.9 Å². The maximum Gasteiger partial charge on any atom is 0.0721 e. The molecule has 1 aliphatic rings. The Morgan fingerprint density at radius 2 is 1.07 bits per heavy atom. The van der Waals surface area contributed by atoms with Crippen molar-refractivity contribution in [1.29, 1.82) is 0 Å². The van der Waals surface area contributed by atoms with Gasteiger partial charge in [0.15, 0.2) is 0 Å².